The maximum atomic E-state index is 9.52. The monoisotopic (exact) mass is 226 g/mol. The van der Waals surface area contributed by atoms with Crippen molar-refractivity contribution in [1.29, 1.82) is 5.26 Å². The van der Waals surface area contributed by atoms with Crippen molar-refractivity contribution in [3.63, 3.8) is 0 Å². The first kappa shape index (κ1) is 10.8. The summed E-state index contributed by atoms with van der Waals surface area (Å²) in [5.41, 5.74) is 1.17. The normalized spacial score (nSPS) is 33.5. The lowest BCUT2D eigenvalue weighted by atomic mass is 9.89. The summed E-state index contributed by atoms with van der Waals surface area (Å²) in [5, 5.41) is 9.52. The Labute approximate surface area is 103 Å². The molecule has 2 heterocycles. The second-order valence-electron chi connectivity index (χ2n) is 5.37. The van der Waals surface area contributed by atoms with Gasteiger partial charge in [-0.3, -0.25) is 4.90 Å². The highest BCUT2D eigenvalue weighted by molar-refractivity contribution is 5.25. The van der Waals surface area contributed by atoms with Gasteiger partial charge >= 0.3 is 0 Å². The summed E-state index contributed by atoms with van der Waals surface area (Å²) in [6.45, 7) is 2.24. The molecule has 3 rings (SSSR count). The Kier molecular flexibility index (Phi) is 2.45. The van der Waals surface area contributed by atoms with Crippen molar-refractivity contribution in [2.24, 2.45) is 0 Å². The summed E-state index contributed by atoms with van der Waals surface area (Å²) in [7, 11) is 0. The van der Waals surface area contributed by atoms with E-state index >= 15 is 0 Å². The molecule has 1 unspecified atom stereocenters. The Morgan fingerprint density at radius 2 is 1.94 bits per heavy atom. The first-order chi connectivity index (χ1) is 8.27. The van der Waals surface area contributed by atoms with Gasteiger partial charge in [-0.1, -0.05) is 30.3 Å². The van der Waals surface area contributed by atoms with Gasteiger partial charge in [0.2, 0.25) is 0 Å². The molecule has 17 heavy (non-hydrogen) atoms. The molecule has 0 N–H and O–H groups in total. The van der Waals surface area contributed by atoms with Crippen LogP contribution in [0.1, 0.15) is 44.2 Å². The molecule has 1 aromatic rings. The van der Waals surface area contributed by atoms with Gasteiger partial charge < -0.3 is 0 Å². The van der Waals surface area contributed by atoms with Crippen LogP contribution in [0, 0.1) is 11.3 Å². The molecule has 1 aromatic carbocycles. The smallest absolute Gasteiger partial charge is 0.110 e. The summed E-state index contributed by atoms with van der Waals surface area (Å²) >= 11 is 0. The van der Waals surface area contributed by atoms with Crippen molar-refractivity contribution in [2.75, 3.05) is 0 Å². The summed E-state index contributed by atoms with van der Waals surface area (Å²) in [6.07, 6.45) is 4.52. The lowest BCUT2D eigenvalue weighted by molar-refractivity contribution is 0.147. The van der Waals surface area contributed by atoms with E-state index in [-0.39, 0.29) is 5.54 Å². The van der Waals surface area contributed by atoms with Crippen molar-refractivity contribution < 1.29 is 0 Å². The highest BCUT2D eigenvalue weighted by atomic mass is 15.3. The number of benzene rings is 1. The van der Waals surface area contributed by atoms with Crippen LogP contribution in [0.5, 0.6) is 0 Å². The number of hydrogen-bond acceptors (Lipinski definition) is 2. The molecule has 2 bridgehead atoms. The van der Waals surface area contributed by atoms with E-state index in [1.54, 1.807) is 0 Å². The van der Waals surface area contributed by atoms with E-state index in [0.29, 0.717) is 12.1 Å². The third kappa shape index (κ3) is 1.50. The molecule has 88 valence electrons. The van der Waals surface area contributed by atoms with Crippen LogP contribution in [0.2, 0.25) is 0 Å². The van der Waals surface area contributed by atoms with Crippen molar-refractivity contribution in [3.05, 3.63) is 35.9 Å². The van der Waals surface area contributed by atoms with Gasteiger partial charge in [-0.05, 0) is 38.2 Å². The predicted octanol–water partition coefficient (Wildman–Crippen LogP) is 3.27. The third-order valence-electron chi connectivity index (χ3n) is 4.58. The average molecular weight is 226 g/mol. The molecule has 2 aliphatic rings. The van der Waals surface area contributed by atoms with Gasteiger partial charge in [-0.25, -0.2) is 0 Å². The minimum atomic E-state index is -0.167. The standard InChI is InChI=1S/C15H18N2/c1-12(13-5-3-2-4-6-13)17-14-7-9-15(17,11-16)10-8-14/h2-6,12,14H,7-10H2,1H3. The highest BCUT2D eigenvalue weighted by Crippen LogP contribution is 2.50. The van der Waals surface area contributed by atoms with Crippen LogP contribution in [0.25, 0.3) is 0 Å². The number of nitrogens with zero attached hydrogens (tertiary/aromatic N) is 2. The average Bonchev–Trinajstić information content (AvgIpc) is 2.94. The molecule has 2 saturated heterocycles. The molecule has 0 radical (unpaired) electrons. The Bertz CT molecular complexity index is 438. The lowest BCUT2D eigenvalue weighted by Crippen LogP contribution is -2.41. The van der Waals surface area contributed by atoms with Gasteiger partial charge in [0.15, 0.2) is 0 Å². The number of hydrogen-bond donors (Lipinski definition) is 0. The molecular weight excluding hydrogens is 208 g/mol. The van der Waals surface area contributed by atoms with Gasteiger partial charge in [0.25, 0.3) is 0 Å². The maximum absolute atomic E-state index is 9.52. The van der Waals surface area contributed by atoms with Crippen LogP contribution < -0.4 is 0 Å². The molecule has 2 heteroatoms. The SMILES string of the molecule is CC(c1ccccc1)N1C2CCC1(C#N)CC2. The Morgan fingerprint density at radius 1 is 1.29 bits per heavy atom. The first-order valence-corrected chi connectivity index (χ1v) is 6.51. The van der Waals surface area contributed by atoms with Gasteiger partial charge in [0.1, 0.15) is 5.54 Å². The van der Waals surface area contributed by atoms with Crippen LogP contribution in [-0.4, -0.2) is 16.5 Å². The minimum absolute atomic E-state index is 0.167. The molecule has 2 aliphatic heterocycles. The molecule has 1 atom stereocenters. The number of fused-ring (bicyclic) bond motifs is 2. The summed E-state index contributed by atoms with van der Waals surface area (Å²) in [6, 6.07) is 14.2. The molecule has 0 aliphatic carbocycles. The summed E-state index contributed by atoms with van der Waals surface area (Å²) < 4.78 is 0. The topological polar surface area (TPSA) is 27.0 Å². The van der Waals surface area contributed by atoms with Crippen molar-refractivity contribution in [1.82, 2.24) is 4.90 Å². The Balaban J connectivity index is 1.93. The molecule has 0 saturated carbocycles. The molecule has 0 amide bonds. The fourth-order valence-corrected chi connectivity index (χ4v) is 3.71. The quantitative estimate of drug-likeness (QED) is 0.774. The van der Waals surface area contributed by atoms with E-state index in [1.165, 1.54) is 18.4 Å². The van der Waals surface area contributed by atoms with E-state index in [1.807, 2.05) is 0 Å². The molecular formula is C15H18N2. The fraction of sp³-hybridized carbons (Fsp3) is 0.533. The van der Waals surface area contributed by atoms with Crippen LogP contribution >= 0.6 is 0 Å². The highest BCUT2D eigenvalue weighted by Gasteiger charge is 2.53. The summed E-state index contributed by atoms with van der Waals surface area (Å²) in [4.78, 5) is 2.47. The zero-order valence-corrected chi connectivity index (χ0v) is 10.3. The fourth-order valence-electron chi connectivity index (χ4n) is 3.71. The van der Waals surface area contributed by atoms with E-state index in [0.717, 1.165) is 12.8 Å². The van der Waals surface area contributed by atoms with Gasteiger partial charge in [0, 0.05) is 12.1 Å². The maximum Gasteiger partial charge on any atom is 0.110 e. The van der Waals surface area contributed by atoms with Gasteiger partial charge in [-0.15, -0.1) is 0 Å². The number of nitriles is 1. The number of rotatable bonds is 2. The Morgan fingerprint density at radius 3 is 2.53 bits per heavy atom. The van der Waals surface area contributed by atoms with E-state index in [4.69, 9.17) is 0 Å². The second kappa shape index (κ2) is 3.85. The van der Waals surface area contributed by atoms with E-state index < -0.39 is 0 Å². The van der Waals surface area contributed by atoms with Crippen LogP contribution in [0.15, 0.2) is 30.3 Å². The molecule has 0 spiro atoms. The zero-order chi connectivity index (χ0) is 11.9. The Hall–Kier alpha value is -1.33. The summed E-state index contributed by atoms with van der Waals surface area (Å²) in [5.74, 6) is 0. The van der Waals surface area contributed by atoms with Crippen LogP contribution in [0.3, 0.4) is 0 Å². The molecule has 2 nitrogen and oxygen atoms in total. The first-order valence-electron chi connectivity index (χ1n) is 6.51. The zero-order valence-electron chi connectivity index (χ0n) is 10.3. The third-order valence-corrected chi connectivity index (χ3v) is 4.58. The van der Waals surface area contributed by atoms with Gasteiger partial charge in [-0.2, -0.15) is 5.26 Å². The van der Waals surface area contributed by atoms with Crippen LogP contribution in [0.4, 0.5) is 0 Å². The van der Waals surface area contributed by atoms with Crippen molar-refractivity contribution in [3.8, 4) is 6.07 Å². The van der Waals surface area contributed by atoms with E-state index in [9.17, 15) is 5.26 Å². The van der Waals surface area contributed by atoms with Crippen molar-refractivity contribution >= 4 is 0 Å². The second-order valence-corrected chi connectivity index (χ2v) is 5.37. The molecule has 0 aromatic heterocycles. The van der Waals surface area contributed by atoms with Gasteiger partial charge in [0.05, 0.1) is 6.07 Å². The van der Waals surface area contributed by atoms with Crippen LogP contribution in [-0.2, 0) is 0 Å². The predicted molar refractivity (Wildman–Crippen MR) is 67.3 cm³/mol. The van der Waals surface area contributed by atoms with E-state index in [2.05, 4.69) is 48.2 Å². The molecule has 2 fully saturated rings. The largest absolute Gasteiger partial charge is 0.276 e. The van der Waals surface area contributed by atoms with Crippen molar-refractivity contribution in [2.45, 2.75) is 50.2 Å². The minimum Gasteiger partial charge on any atom is -0.276 e. The lowest BCUT2D eigenvalue weighted by Gasteiger charge is -2.34.